The number of para-hydroxylation sites is 1. The van der Waals surface area contributed by atoms with Crippen LogP contribution in [0.3, 0.4) is 0 Å². The number of halogens is 1. The highest BCUT2D eigenvalue weighted by Gasteiger charge is 2.29. The Balaban J connectivity index is 1.95. The van der Waals surface area contributed by atoms with Crippen molar-refractivity contribution in [3.8, 4) is 0 Å². The number of fused-ring (bicyclic) bond motifs is 3. The SMILES string of the molecule is CC1Cn2c(cc3ccccc32)CN1CC(C)(C)F. The van der Waals surface area contributed by atoms with Crippen LogP contribution in [0.2, 0.25) is 0 Å². The molecule has 1 aromatic carbocycles. The van der Waals surface area contributed by atoms with Crippen molar-refractivity contribution in [3.05, 3.63) is 36.0 Å². The van der Waals surface area contributed by atoms with E-state index in [4.69, 9.17) is 0 Å². The van der Waals surface area contributed by atoms with Gasteiger partial charge in [0.2, 0.25) is 0 Å². The Bertz CT molecular complexity index is 594. The molecule has 0 N–H and O–H groups in total. The first-order chi connectivity index (χ1) is 8.94. The number of hydrogen-bond donors (Lipinski definition) is 0. The van der Waals surface area contributed by atoms with Gasteiger partial charge in [-0.05, 0) is 38.3 Å². The lowest BCUT2D eigenvalue weighted by atomic mass is 10.1. The summed E-state index contributed by atoms with van der Waals surface area (Å²) in [5, 5.41) is 1.28. The van der Waals surface area contributed by atoms with Crippen molar-refractivity contribution in [2.75, 3.05) is 6.54 Å². The van der Waals surface area contributed by atoms with Crippen LogP contribution in [0.4, 0.5) is 4.39 Å². The molecule has 0 bridgehead atoms. The molecular formula is C16H21FN2. The quantitative estimate of drug-likeness (QED) is 0.801. The predicted octanol–water partition coefficient (Wildman–Crippen LogP) is 3.59. The van der Waals surface area contributed by atoms with E-state index in [2.05, 4.69) is 46.7 Å². The number of rotatable bonds is 2. The summed E-state index contributed by atoms with van der Waals surface area (Å²) in [6.45, 7) is 7.77. The van der Waals surface area contributed by atoms with Gasteiger partial charge in [-0.2, -0.15) is 0 Å². The molecule has 1 atom stereocenters. The van der Waals surface area contributed by atoms with Crippen LogP contribution in [0.5, 0.6) is 0 Å². The van der Waals surface area contributed by atoms with Crippen molar-refractivity contribution in [1.82, 2.24) is 9.47 Å². The van der Waals surface area contributed by atoms with Gasteiger partial charge in [0.05, 0.1) is 0 Å². The molecule has 3 heteroatoms. The highest BCUT2D eigenvalue weighted by Crippen LogP contribution is 2.27. The Kier molecular flexibility index (Phi) is 2.90. The molecular weight excluding hydrogens is 239 g/mol. The molecule has 0 aliphatic carbocycles. The van der Waals surface area contributed by atoms with Gasteiger partial charge in [0, 0.05) is 36.9 Å². The predicted molar refractivity (Wildman–Crippen MR) is 77.0 cm³/mol. The van der Waals surface area contributed by atoms with Crippen molar-refractivity contribution in [1.29, 1.82) is 0 Å². The first-order valence-electron chi connectivity index (χ1n) is 6.94. The third-order valence-electron chi connectivity index (χ3n) is 3.91. The van der Waals surface area contributed by atoms with E-state index in [1.807, 2.05) is 0 Å². The third-order valence-corrected chi connectivity index (χ3v) is 3.91. The highest BCUT2D eigenvalue weighted by atomic mass is 19.1. The normalized spacial score (nSPS) is 20.7. The van der Waals surface area contributed by atoms with Gasteiger partial charge in [0.1, 0.15) is 5.67 Å². The molecule has 1 aliphatic rings. The first kappa shape index (κ1) is 12.7. The fourth-order valence-electron chi connectivity index (χ4n) is 3.05. The van der Waals surface area contributed by atoms with Crippen molar-refractivity contribution in [2.24, 2.45) is 0 Å². The van der Waals surface area contributed by atoms with E-state index >= 15 is 0 Å². The lowest BCUT2D eigenvalue weighted by Gasteiger charge is -2.37. The van der Waals surface area contributed by atoms with Gasteiger partial charge in [0.25, 0.3) is 0 Å². The largest absolute Gasteiger partial charge is 0.342 e. The average Bonchev–Trinajstić information content (AvgIpc) is 2.66. The molecule has 0 fully saturated rings. The molecule has 0 saturated carbocycles. The van der Waals surface area contributed by atoms with E-state index in [-0.39, 0.29) is 0 Å². The minimum absolute atomic E-state index is 0.373. The van der Waals surface area contributed by atoms with Gasteiger partial charge in [-0.1, -0.05) is 18.2 Å². The van der Waals surface area contributed by atoms with E-state index in [9.17, 15) is 4.39 Å². The Morgan fingerprint density at radius 1 is 1.32 bits per heavy atom. The summed E-state index contributed by atoms with van der Waals surface area (Å²) in [5.41, 5.74) is 1.45. The summed E-state index contributed by atoms with van der Waals surface area (Å²) in [4.78, 5) is 2.24. The maximum absolute atomic E-state index is 13.9. The van der Waals surface area contributed by atoms with Gasteiger partial charge in [-0.25, -0.2) is 4.39 Å². The zero-order chi connectivity index (χ0) is 13.6. The van der Waals surface area contributed by atoms with Crippen LogP contribution < -0.4 is 0 Å². The maximum Gasteiger partial charge on any atom is 0.118 e. The van der Waals surface area contributed by atoms with Crippen molar-refractivity contribution < 1.29 is 4.39 Å². The Labute approximate surface area is 113 Å². The minimum atomic E-state index is -1.14. The topological polar surface area (TPSA) is 8.17 Å². The van der Waals surface area contributed by atoms with Gasteiger partial charge >= 0.3 is 0 Å². The van der Waals surface area contributed by atoms with Crippen molar-refractivity contribution in [3.63, 3.8) is 0 Å². The van der Waals surface area contributed by atoms with E-state index in [1.165, 1.54) is 16.6 Å². The van der Waals surface area contributed by atoms with Gasteiger partial charge < -0.3 is 4.57 Å². The molecule has 3 rings (SSSR count). The number of benzene rings is 1. The molecule has 2 heterocycles. The maximum atomic E-state index is 13.9. The Morgan fingerprint density at radius 2 is 2.05 bits per heavy atom. The molecule has 0 amide bonds. The van der Waals surface area contributed by atoms with Crippen LogP contribution in [0.1, 0.15) is 26.5 Å². The van der Waals surface area contributed by atoms with Crippen LogP contribution in [0, 0.1) is 0 Å². The average molecular weight is 260 g/mol. The van der Waals surface area contributed by atoms with Crippen LogP contribution in [0.25, 0.3) is 10.9 Å². The molecule has 102 valence electrons. The molecule has 1 aliphatic heterocycles. The second-order valence-electron chi connectivity index (χ2n) is 6.28. The van der Waals surface area contributed by atoms with Crippen LogP contribution in [0.15, 0.2) is 30.3 Å². The van der Waals surface area contributed by atoms with Gasteiger partial charge in [0.15, 0.2) is 0 Å². The molecule has 2 nitrogen and oxygen atoms in total. The molecule has 0 radical (unpaired) electrons. The van der Waals surface area contributed by atoms with Crippen LogP contribution in [-0.4, -0.2) is 27.7 Å². The summed E-state index contributed by atoms with van der Waals surface area (Å²) >= 11 is 0. The Morgan fingerprint density at radius 3 is 2.79 bits per heavy atom. The second-order valence-corrected chi connectivity index (χ2v) is 6.28. The van der Waals surface area contributed by atoms with E-state index in [1.54, 1.807) is 13.8 Å². The van der Waals surface area contributed by atoms with E-state index < -0.39 is 5.67 Å². The standard InChI is InChI=1S/C16H21FN2/c1-12-9-19-14(10-18(12)11-16(2,3)17)8-13-6-4-5-7-15(13)19/h4-8,12H,9-11H2,1-3H3. The zero-order valence-electron chi connectivity index (χ0n) is 11.9. The van der Waals surface area contributed by atoms with Gasteiger partial charge in [-0.3, -0.25) is 4.90 Å². The lowest BCUT2D eigenvalue weighted by Crippen LogP contribution is -2.46. The van der Waals surface area contributed by atoms with Crippen LogP contribution >= 0.6 is 0 Å². The smallest absolute Gasteiger partial charge is 0.118 e. The second kappa shape index (κ2) is 4.34. The number of nitrogens with zero attached hydrogens (tertiary/aromatic N) is 2. The molecule has 2 aromatic rings. The summed E-state index contributed by atoms with van der Waals surface area (Å²) < 4.78 is 16.3. The van der Waals surface area contributed by atoms with E-state index in [0.717, 1.165) is 13.1 Å². The number of aromatic nitrogens is 1. The monoisotopic (exact) mass is 260 g/mol. The van der Waals surface area contributed by atoms with Crippen molar-refractivity contribution in [2.45, 2.75) is 45.6 Å². The highest BCUT2D eigenvalue weighted by molar-refractivity contribution is 5.81. The fourth-order valence-corrected chi connectivity index (χ4v) is 3.05. The molecule has 0 spiro atoms. The number of alkyl halides is 1. The lowest BCUT2D eigenvalue weighted by molar-refractivity contribution is 0.0725. The molecule has 19 heavy (non-hydrogen) atoms. The summed E-state index contributed by atoms with van der Waals surface area (Å²) in [6, 6.07) is 11.1. The zero-order valence-corrected chi connectivity index (χ0v) is 11.9. The fraction of sp³-hybridized carbons (Fsp3) is 0.500. The van der Waals surface area contributed by atoms with Gasteiger partial charge in [-0.15, -0.1) is 0 Å². The van der Waals surface area contributed by atoms with Crippen LogP contribution in [-0.2, 0) is 13.1 Å². The van der Waals surface area contributed by atoms with Crippen molar-refractivity contribution >= 4 is 10.9 Å². The third kappa shape index (κ3) is 2.39. The minimum Gasteiger partial charge on any atom is -0.342 e. The summed E-state index contributed by atoms with van der Waals surface area (Å²) in [6.07, 6.45) is 0. The Hall–Kier alpha value is -1.35. The first-order valence-corrected chi connectivity index (χ1v) is 6.94. The van der Waals surface area contributed by atoms with E-state index in [0.29, 0.717) is 12.6 Å². The molecule has 1 aromatic heterocycles. The summed E-state index contributed by atoms with van der Waals surface area (Å²) in [5.74, 6) is 0. The summed E-state index contributed by atoms with van der Waals surface area (Å²) in [7, 11) is 0. The molecule has 0 saturated heterocycles. The molecule has 1 unspecified atom stereocenters. The number of hydrogen-bond acceptors (Lipinski definition) is 1.